The van der Waals surface area contributed by atoms with Crippen LogP contribution in [0.5, 0.6) is 23.0 Å². The lowest BCUT2D eigenvalue weighted by molar-refractivity contribution is 0.0695. The Morgan fingerprint density at radius 1 is 0.767 bits per heavy atom. The number of hydrogen-bond acceptors (Lipinski definition) is 5. The minimum Gasteiger partial charge on any atom is -0.497 e. The summed E-state index contributed by atoms with van der Waals surface area (Å²) in [7, 11) is 3.23. The fraction of sp³-hybridized carbons (Fsp3) is 0.208. The second-order valence-electron chi connectivity index (χ2n) is 6.64. The molecule has 0 aliphatic rings. The van der Waals surface area contributed by atoms with Gasteiger partial charge in [-0.1, -0.05) is 24.3 Å². The minimum absolute atomic E-state index is 0.177. The summed E-state index contributed by atoms with van der Waals surface area (Å²) in [5.41, 5.74) is 2.58. The Morgan fingerprint density at radius 3 is 1.73 bits per heavy atom. The number of benzene rings is 3. The fourth-order valence-electron chi connectivity index (χ4n) is 2.95. The van der Waals surface area contributed by atoms with E-state index in [0.29, 0.717) is 23.7 Å². The lowest BCUT2D eigenvalue weighted by Crippen LogP contribution is -2.06. The maximum atomic E-state index is 11.5. The SMILES string of the molecule is COc1ccc(COc2ccc(C(=O)O)c(C)c2OCc2ccc(OC)cc2)cc1. The summed E-state index contributed by atoms with van der Waals surface area (Å²) in [6.45, 7) is 2.30. The van der Waals surface area contributed by atoms with Crippen molar-refractivity contribution in [2.45, 2.75) is 20.1 Å². The van der Waals surface area contributed by atoms with Crippen LogP contribution in [-0.2, 0) is 13.2 Å². The maximum absolute atomic E-state index is 11.5. The predicted molar refractivity (Wildman–Crippen MR) is 113 cm³/mol. The van der Waals surface area contributed by atoms with Crippen LogP contribution in [0.15, 0.2) is 60.7 Å². The predicted octanol–water partition coefficient (Wildman–Crippen LogP) is 4.87. The number of hydrogen-bond donors (Lipinski definition) is 1. The first-order valence-electron chi connectivity index (χ1n) is 9.40. The van der Waals surface area contributed by atoms with E-state index in [1.54, 1.807) is 27.2 Å². The van der Waals surface area contributed by atoms with Crippen molar-refractivity contribution in [3.05, 3.63) is 82.9 Å². The van der Waals surface area contributed by atoms with Gasteiger partial charge in [0, 0.05) is 5.56 Å². The van der Waals surface area contributed by atoms with Crippen LogP contribution in [0.25, 0.3) is 0 Å². The van der Waals surface area contributed by atoms with Gasteiger partial charge in [0.2, 0.25) is 0 Å². The van der Waals surface area contributed by atoms with Gasteiger partial charge in [-0.2, -0.15) is 0 Å². The smallest absolute Gasteiger partial charge is 0.336 e. The lowest BCUT2D eigenvalue weighted by Gasteiger charge is -2.17. The summed E-state index contributed by atoms with van der Waals surface area (Å²) in [5, 5.41) is 9.46. The Hall–Kier alpha value is -3.67. The highest BCUT2D eigenvalue weighted by Crippen LogP contribution is 2.35. The van der Waals surface area contributed by atoms with E-state index in [-0.39, 0.29) is 12.2 Å². The molecule has 6 heteroatoms. The number of ether oxygens (including phenoxy) is 4. The van der Waals surface area contributed by atoms with Crippen molar-refractivity contribution in [3.63, 3.8) is 0 Å². The van der Waals surface area contributed by atoms with E-state index in [4.69, 9.17) is 18.9 Å². The Morgan fingerprint density at radius 2 is 1.27 bits per heavy atom. The van der Waals surface area contributed by atoms with Crippen molar-refractivity contribution in [1.82, 2.24) is 0 Å². The molecule has 30 heavy (non-hydrogen) atoms. The highest BCUT2D eigenvalue weighted by Gasteiger charge is 2.17. The standard InChI is InChI=1S/C24H24O6/c1-16-21(24(25)26)12-13-22(29-14-17-4-8-19(27-2)9-5-17)23(16)30-15-18-6-10-20(28-3)11-7-18/h4-13H,14-15H2,1-3H3,(H,25,26). The first-order valence-corrected chi connectivity index (χ1v) is 9.40. The topological polar surface area (TPSA) is 74.2 Å². The first-order chi connectivity index (χ1) is 14.5. The molecule has 0 bridgehead atoms. The van der Waals surface area contributed by atoms with Crippen LogP contribution in [0.1, 0.15) is 27.0 Å². The summed E-state index contributed by atoms with van der Waals surface area (Å²) < 4.78 is 22.3. The third-order valence-corrected chi connectivity index (χ3v) is 4.70. The van der Waals surface area contributed by atoms with Crippen molar-refractivity contribution in [2.24, 2.45) is 0 Å². The molecule has 0 aliphatic carbocycles. The average Bonchev–Trinajstić information content (AvgIpc) is 2.77. The zero-order chi connectivity index (χ0) is 21.5. The molecule has 0 saturated heterocycles. The quantitative estimate of drug-likeness (QED) is 0.545. The maximum Gasteiger partial charge on any atom is 0.336 e. The van der Waals surface area contributed by atoms with E-state index in [2.05, 4.69) is 0 Å². The third-order valence-electron chi connectivity index (χ3n) is 4.70. The van der Waals surface area contributed by atoms with E-state index in [0.717, 1.165) is 22.6 Å². The molecule has 0 saturated carbocycles. The molecule has 0 aromatic heterocycles. The van der Waals surface area contributed by atoms with Crippen LogP contribution in [0.4, 0.5) is 0 Å². The molecule has 0 atom stereocenters. The van der Waals surface area contributed by atoms with E-state index in [1.807, 2.05) is 48.5 Å². The van der Waals surface area contributed by atoms with E-state index in [9.17, 15) is 9.90 Å². The molecule has 0 radical (unpaired) electrons. The van der Waals surface area contributed by atoms with Gasteiger partial charge in [-0.3, -0.25) is 0 Å². The molecule has 0 spiro atoms. The van der Waals surface area contributed by atoms with Crippen LogP contribution in [-0.4, -0.2) is 25.3 Å². The van der Waals surface area contributed by atoms with Crippen molar-refractivity contribution in [3.8, 4) is 23.0 Å². The monoisotopic (exact) mass is 408 g/mol. The molecule has 0 aliphatic heterocycles. The summed E-state index contributed by atoms with van der Waals surface area (Å²) in [4.78, 5) is 11.5. The van der Waals surface area contributed by atoms with E-state index >= 15 is 0 Å². The zero-order valence-corrected chi connectivity index (χ0v) is 17.2. The number of aromatic carboxylic acids is 1. The Kier molecular flexibility index (Phi) is 6.80. The van der Waals surface area contributed by atoms with Crippen LogP contribution in [0.3, 0.4) is 0 Å². The molecule has 1 N–H and O–H groups in total. The van der Waals surface area contributed by atoms with Crippen LogP contribution < -0.4 is 18.9 Å². The van der Waals surface area contributed by atoms with Gasteiger partial charge in [0.15, 0.2) is 11.5 Å². The van der Waals surface area contributed by atoms with Crippen molar-refractivity contribution < 1.29 is 28.8 Å². The Balaban J connectivity index is 1.80. The Bertz CT molecular complexity index is 993. The van der Waals surface area contributed by atoms with Crippen LogP contribution in [0, 0.1) is 6.92 Å². The van der Waals surface area contributed by atoms with Crippen molar-refractivity contribution >= 4 is 5.97 Å². The van der Waals surface area contributed by atoms with Gasteiger partial charge < -0.3 is 24.1 Å². The van der Waals surface area contributed by atoms with Crippen molar-refractivity contribution in [1.29, 1.82) is 0 Å². The average molecular weight is 408 g/mol. The van der Waals surface area contributed by atoms with Crippen LogP contribution in [0.2, 0.25) is 0 Å². The summed E-state index contributed by atoms with van der Waals surface area (Å²) in [5.74, 6) is 1.42. The highest BCUT2D eigenvalue weighted by molar-refractivity contribution is 5.90. The van der Waals surface area contributed by atoms with Gasteiger partial charge in [-0.05, 0) is 54.4 Å². The molecule has 0 amide bonds. The Labute approximate surface area is 175 Å². The molecular formula is C24H24O6. The minimum atomic E-state index is -1.01. The largest absolute Gasteiger partial charge is 0.497 e. The summed E-state index contributed by atoms with van der Waals surface area (Å²) >= 11 is 0. The highest BCUT2D eigenvalue weighted by atomic mass is 16.5. The molecule has 3 aromatic rings. The number of carboxylic acids is 1. The van der Waals surface area contributed by atoms with Gasteiger partial charge in [-0.25, -0.2) is 4.79 Å². The summed E-state index contributed by atoms with van der Waals surface area (Å²) in [6.07, 6.45) is 0. The molecule has 0 heterocycles. The second-order valence-corrected chi connectivity index (χ2v) is 6.64. The normalized spacial score (nSPS) is 10.4. The van der Waals surface area contributed by atoms with Crippen molar-refractivity contribution in [2.75, 3.05) is 14.2 Å². The zero-order valence-electron chi connectivity index (χ0n) is 17.2. The number of methoxy groups -OCH3 is 2. The lowest BCUT2D eigenvalue weighted by atomic mass is 10.1. The first kappa shape index (κ1) is 21.0. The van der Waals surface area contributed by atoms with Crippen LogP contribution >= 0.6 is 0 Å². The molecule has 6 nitrogen and oxygen atoms in total. The van der Waals surface area contributed by atoms with E-state index in [1.165, 1.54) is 6.07 Å². The molecule has 0 unspecified atom stereocenters. The number of carboxylic acid groups (broad SMARTS) is 1. The van der Waals surface area contributed by atoms with Gasteiger partial charge in [0.1, 0.15) is 24.7 Å². The molecule has 3 rings (SSSR count). The molecule has 3 aromatic carbocycles. The molecule has 0 fully saturated rings. The summed E-state index contributed by atoms with van der Waals surface area (Å²) in [6, 6.07) is 18.2. The molecular weight excluding hydrogens is 384 g/mol. The number of carbonyl (C=O) groups is 1. The third kappa shape index (κ3) is 5.03. The van der Waals surface area contributed by atoms with E-state index < -0.39 is 5.97 Å². The number of rotatable bonds is 9. The van der Waals surface area contributed by atoms with Gasteiger partial charge >= 0.3 is 5.97 Å². The second kappa shape index (κ2) is 9.69. The van der Waals surface area contributed by atoms with Gasteiger partial charge in [0.25, 0.3) is 0 Å². The molecule has 156 valence electrons. The van der Waals surface area contributed by atoms with Gasteiger partial charge in [0.05, 0.1) is 19.8 Å². The fourth-order valence-corrected chi connectivity index (χ4v) is 2.95. The van der Waals surface area contributed by atoms with Gasteiger partial charge in [-0.15, -0.1) is 0 Å².